The highest BCUT2D eigenvalue weighted by Gasteiger charge is 2.31. The van der Waals surface area contributed by atoms with Crippen LogP contribution in [0, 0.1) is 0 Å². The Balaban J connectivity index is 1.78. The largest absolute Gasteiger partial charge is 0.346 e. The molecule has 122 valence electrons. The van der Waals surface area contributed by atoms with E-state index in [9.17, 15) is 0 Å². The second-order valence-corrected chi connectivity index (χ2v) is 7.85. The third-order valence-corrected chi connectivity index (χ3v) is 5.45. The molecule has 2 atom stereocenters. The van der Waals surface area contributed by atoms with Gasteiger partial charge in [0, 0.05) is 14.0 Å². The van der Waals surface area contributed by atoms with Gasteiger partial charge in [0.1, 0.15) is 0 Å². The molecule has 4 rings (SSSR count). The van der Waals surface area contributed by atoms with E-state index in [1.807, 2.05) is 30.3 Å². The summed E-state index contributed by atoms with van der Waals surface area (Å²) in [5, 5.41) is 16.2. The van der Waals surface area contributed by atoms with E-state index in [4.69, 9.17) is 11.6 Å². The molecule has 2 aromatic carbocycles. The van der Waals surface area contributed by atoms with Gasteiger partial charge in [0.2, 0.25) is 5.95 Å². The van der Waals surface area contributed by atoms with Crippen molar-refractivity contribution in [2.75, 3.05) is 5.32 Å². The maximum Gasteiger partial charge on any atom is 0.243 e. The molecule has 1 N–H and O–H groups in total. The summed E-state index contributed by atoms with van der Waals surface area (Å²) in [5.74, 6) is 0.646. The summed E-state index contributed by atoms with van der Waals surface area (Å²) in [5.41, 5.74) is 2.18. The van der Waals surface area contributed by atoms with Gasteiger partial charge in [-0.15, -0.1) is 0 Å². The first-order valence-corrected chi connectivity index (χ1v) is 9.33. The van der Waals surface area contributed by atoms with Crippen LogP contribution in [0.1, 0.15) is 29.6 Å². The molecule has 0 bridgehead atoms. The highest BCUT2D eigenvalue weighted by molar-refractivity contribution is 9.10. The average Bonchev–Trinajstić information content (AvgIpc) is 3.05. The highest BCUT2D eigenvalue weighted by Crippen LogP contribution is 2.40. The number of halogens is 3. The molecule has 0 saturated heterocycles. The molecule has 1 aliphatic rings. The number of aromatic nitrogens is 4. The minimum Gasteiger partial charge on any atom is -0.346 e. The van der Waals surface area contributed by atoms with Crippen molar-refractivity contribution >= 4 is 49.4 Å². The Morgan fingerprint density at radius 3 is 2.79 bits per heavy atom. The third kappa shape index (κ3) is 2.96. The van der Waals surface area contributed by atoms with Gasteiger partial charge in [-0.3, -0.25) is 0 Å². The van der Waals surface area contributed by atoms with Crippen LogP contribution in [0.2, 0.25) is 5.02 Å². The van der Waals surface area contributed by atoms with E-state index in [2.05, 4.69) is 64.8 Å². The molecule has 8 heteroatoms. The zero-order valence-electron chi connectivity index (χ0n) is 12.3. The van der Waals surface area contributed by atoms with Gasteiger partial charge in [-0.1, -0.05) is 60.7 Å². The normalized spacial score (nSPS) is 19.6. The van der Waals surface area contributed by atoms with Crippen LogP contribution < -0.4 is 5.32 Å². The van der Waals surface area contributed by atoms with E-state index in [-0.39, 0.29) is 12.1 Å². The summed E-state index contributed by atoms with van der Waals surface area (Å²) in [6, 6.07) is 14.2. The topological polar surface area (TPSA) is 55.6 Å². The predicted octanol–water partition coefficient (Wildman–Crippen LogP) is 5.00. The maximum atomic E-state index is 6.45. The molecule has 0 amide bonds. The molecule has 1 aromatic heterocycles. The molecule has 5 nitrogen and oxygen atoms in total. The first-order valence-electron chi connectivity index (χ1n) is 7.36. The molecule has 3 aromatic rings. The predicted molar refractivity (Wildman–Crippen MR) is 100 cm³/mol. The minimum atomic E-state index is -0.0368. The van der Waals surface area contributed by atoms with Gasteiger partial charge < -0.3 is 5.32 Å². The number of benzene rings is 2. The number of nitrogens with zero attached hydrogens (tertiary/aromatic N) is 4. The van der Waals surface area contributed by atoms with Gasteiger partial charge >= 0.3 is 0 Å². The first kappa shape index (κ1) is 16.1. The minimum absolute atomic E-state index is 0.0368. The lowest BCUT2D eigenvalue weighted by atomic mass is 9.93. The molecule has 0 spiro atoms. The van der Waals surface area contributed by atoms with Gasteiger partial charge in [-0.05, 0) is 58.3 Å². The molecular formula is C16H12Br2ClN5. The van der Waals surface area contributed by atoms with E-state index in [1.165, 1.54) is 5.56 Å². The Morgan fingerprint density at radius 1 is 1.12 bits per heavy atom. The smallest absolute Gasteiger partial charge is 0.243 e. The van der Waals surface area contributed by atoms with Gasteiger partial charge in [0.05, 0.1) is 12.1 Å². The fourth-order valence-corrected chi connectivity index (χ4v) is 4.05. The summed E-state index contributed by atoms with van der Waals surface area (Å²) >= 11 is 13.5. The van der Waals surface area contributed by atoms with Crippen LogP contribution >= 0.6 is 43.5 Å². The summed E-state index contributed by atoms with van der Waals surface area (Å²) in [6.07, 6.45) is 0.796. The first-order chi connectivity index (χ1) is 11.6. The summed E-state index contributed by atoms with van der Waals surface area (Å²) in [7, 11) is 0. The monoisotopic (exact) mass is 467 g/mol. The van der Waals surface area contributed by atoms with Crippen LogP contribution in [-0.4, -0.2) is 20.2 Å². The van der Waals surface area contributed by atoms with Crippen molar-refractivity contribution in [1.82, 2.24) is 20.2 Å². The number of rotatable bonds is 2. The number of nitrogens with one attached hydrogen (secondary N) is 1. The van der Waals surface area contributed by atoms with Gasteiger partial charge in [-0.25, -0.2) is 4.68 Å². The third-order valence-electron chi connectivity index (χ3n) is 4.12. The summed E-state index contributed by atoms with van der Waals surface area (Å²) < 4.78 is 3.82. The average molecular weight is 470 g/mol. The van der Waals surface area contributed by atoms with E-state index in [1.54, 1.807) is 4.68 Å². The fourth-order valence-electron chi connectivity index (χ4n) is 3.01. The second-order valence-electron chi connectivity index (χ2n) is 5.62. The van der Waals surface area contributed by atoms with Crippen molar-refractivity contribution in [2.45, 2.75) is 18.5 Å². The Hall–Kier alpha value is -1.44. The number of hydrogen-bond acceptors (Lipinski definition) is 4. The Kier molecular flexibility index (Phi) is 4.32. The van der Waals surface area contributed by atoms with Gasteiger partial charge in [-0.2, -0.15) is 0 Å². The zero-order chi connectivity index (χ0) is 16.7. The van der Waals surface area contributed by atoms with Crippen LogP contribution in [0.4, 0.5) is 5.95 Å². The molecular weight excluding hydrogens is 457 g/mol. The van der Waals surface area contributed by atoms with E-state index in [0.29, 0.717) is 11.0 Å². The van der Waals surface area contributed by atoms with Crippen molar-refractivity contribution in [1.29, 1.82) is 0 Å². The second kappa shape index (κ2) is 6.46. The van der Waals surface area contributed by atoms with Crippen molar-refractivity contribution in [3.63, 3.8) is 0 Å². The molecule has 24 heavy (non-hydrogen) atoms. The molecule has 2 heterocycles. The number of hydrogen-bond donors (Lipinski definition) is 1. The van der Waals surface area contributed by atoms with E-state index < -0.39 is 0 Å². The molecule has 0 radical (unpaired) electrons. The van der Waals surface area contributed by atoms with Crippen molar-refractivity contribution in [2.24, 2.45) is 0 Å². The number of tetrazole rings is 1. The molecule has 0 aliphatic carbocycles. The van der Waals surface area contributed by atoms with Crippen LogP contribution in [0.5, 0.6) is 0 Å². The van der Waals surface area contributed by atoms with Gasteiger partial charge in [0.15, 0.2) is 0 Å². The zero-order valence-corrected chi connectivity index (χ0v) is 16.3. The van der Waals surface area contributed by atoms with Crippen LogP contribution in [-0.2, 0) is 0 Å². The molecule has 1 aliphatic heterocycles. The Labute approximate surface area is 160 Å². The number of fused-ring (bicyclic) bond motifs is 1. The lowest BCUT2D eigenvalue weighted by Crippen LogP contribution is -2.28. The Bertz CT molecular complexity index is 898. The van der Waals surface area contributed by atoms with E-state index in [0.717, 1.165) is 20.9 Å². The van der Waals surface area contributed by atoms with Crippen LogP contribution in [0.25, 0.3) is 0 Å². The molecule has 0 fully saturated rings. The molecule has 0 unspecified atom stereocenters. The van der Waals surface area contributed by atoms with Crippen LogP contribution in [0.15, 0.2) is 51.4 Å². The highest BCUT2D eigenvalue weighted by atomic mass is 79.9. The SMILES string of the molecule is Clc1ccc(Br)cc1[C@H]1C[C@@H](c2cccc(Br)c2)Nc2nnnn21. The Morgan fingerprint density at radius 2 is 1.96 bits per heavy atom. The molecule has 0 saturated carbocycles. The maximum absolute atomic E-state index is 6.45. The summed E-state index contributed by atoms with van der Waals surface area (Å²) in [6.45, 7) is 0. The number of anilines is 1. The van der Waals surface area contributed by atoms with Crippen molar-refractivity contribution in [3.05, 3.63) is 67.6 Å². The lowest BCUT2D eigenvalue weighted by Gasteiger charge is -2.31. The van der Waals surface area contributed by atoms with Crippen molar-refractivity contribution < 1.29 is 0 Å². The van der Waals surface area contributed by atoms with E-state index >= 15 is 0 Å². The standard InChI is InChI=1S/C16H12Br2ClN5/c17-10-3-1-2-9(6-10)14-8-15(24-16(20-14)21-22-23-24)12-7-11(18)4-5-13(12)19/h1-7,14-15H,8H2,(H,20,21,23)/t14-,15+/m0/s1. The lowest BCUT2D eigenvalue weighted by molar-refractivity contribution is 0.423. The van der Waals surface area contributed by atoms with Crippen molar-refractivity contribution in [3.8, 4) is 0 Å². The quantitative estimate of drug-likeness (QED) is 0.574. The fraction of sp³-hybridized carbons (Fsp3) is 0.188. The van der Waals surface area contributed by atoms with Gasteiger partial charge in [0.25, 0.3) is 0 Å². The summed E-state index contributed by atoms with van der Waals surface area (Å²) in [4.78, 5) is 0. The van der Waals surface area contributed by atoms with Crippen LogP contribution in [0.3, 0.4) is 0 Å².